The largest absolute Gasteiger partial charge is 0.332 e. The molecule has 0 aliphatic heterocycles. The molecule has 8 heteroatoms. The van der Waals surface area contributed by atoms with E-state index in [2.05, 4.69) is 20.2 Å². The third-order valence-corrected chi connectivity index (χ3v) is 3.71. The average molecular weight is 313 g/mol. The first-order chi connectivity index (χ1) is 11.1. The second-order valence-electron chi connectivity index (χ2n) is 5.21. The lowest BCUT2D eigenvalue weighted by molar-refractivity contribution is 0.0740. The molecular weight excluding hydrogens is 294 g/mol. The highest BCUT2D eigenvalue weighted by molar-refractivity contribution is 5.90. The van der Waals surface area contributed by atoms with Gasteiger partial charge in [0.1, 0.15) is 0 Å². The lowest BCUT2D eigenvalue weighted by atomic mass is 10.2. The Bertz CT molecular complexity index is 802. The molecule has 0 fully saturated rings. The van der Waals surface area contributed by atoms with E-state index in [-0.39, 0.29) is 11.7 Å². The molecule has 0 aliphatic carbocycles. The Balaban J connectivity index is 1.84. The van der Waals surface area contributed by atoms with Gasteiger partial charge in [0.25, 0.3) is 11.7 Å². The van der Waals surface area contributed by atoms with Crippen LogP contribution in [-0.4, -0.2) is 46.7 Å². The van der Waals surface area contributed by atoms with Gasteiger partial charge in [0, 0.05) is 43.8 Å². The Labute approximate surface area is 133 Å². The van der Waals surface area contributed by atoms with Crippen LogP contribution in [0.2, 0.25) is 0 Å². The van der Waals surface area contributed by atoms with Crippen molar-refractivity contribution < 1.29 is 4.79 Å². The zero-order valence-electron chi connectivity index (χ0n) is 13.5. The Kier molecular flexibility index (Phi) is 4.05. The average Bonchev–Trinajstić information content (AvgIpc) is 3.15. The fourth-order valence-corrected chi connectivity index (χ4v) is 2.37. The van der Waals surface area contributed by atoms with Crippen LogP contribution in [0.4, 0.5) is 0 Å². The maximum atomic E-state index is 12.7. The minimum absolute atomic E-state index is 0.158. The van der Waals surface area contributed by atoms with E-state index in [1.807, 2.05) is 31.6 Å². The second kappa shape index (κ2) is 6.15. The van der Waals surface area contributed by atoms with E-state index < -0.39 is 0 Å². The summed E-state index contributed by atoms with van der Waals surface area (Å²) in [4.78, 5) is 22.7. The maximum Gasteiger partial charge on any atom is 0.293 e. The van der Waals surface area contributed by atoms with Crippen molar-refractivity contribution in [2.45, 2.75) is 33.9 Å². The first-order valence-corrected chi connectivity index (χ1v) is 7.62. The quantitative estimate of drug-likeness (QED) is 0.709. The first-order valence-electron chi connectivity index (χ1n) is 7.62. The molecule has 3 aromatic heterocycles. The van der Waals surface area contributed by atoms with Crippen LogP contribution >= 0.6 is 0 Å². The summed E-state index contributed by atoms with van der Waals surface area (Å²) in [6, 6.07) is 1.75. The van der Waals surface area contributed by atoms with Crippen LogP contribution < -0.4 is 0 Å². The van der Waals surface area contributed by atoms with Crippen molar-refractivity contribution in [3.8, 4) is 0 Å². The van der Waals surface area contributed by atoms with Gasteiger partial charge in [-0.3, -0.25) is 9.48 Å². The molecule has 0 saturated carbocycles. The predicted molar refractivity (Wildman–Crippen MR) is 83.8 cm³/mol. The summed E-state index contributed by atoms with van der Waals surface area (Å²) in [6.45, 7) is 7.79. The summed E-state index contributed by atoms with van der Waals surface area (Å²) in [5, 5.41) is 8.61. The molecule has 3 rings (SSSR count). The van der Waals surface area contributed by atoms with Gasteiger partial charge in [-0.25, -0.2) is 9.50 Å². The minimum Gasteiger partial charge on any atom is -0.332 e. The van der Waals surface area contributed by atoms with Crippen LogP contribution in [0.3, 0.4) is 0 Å². The molecule has 0 atom stereocenters. The van der Waals surface area contributed by atoms with Gasteiger partial charge in [-0.2, -0.15) is 10.1 Å². The van der Waals surface area contributed by atoms with E-state index in [9.17, 15) is 4.79 Å². The molecule has 0 aromatic carbocycles. The van der Waals surface area contributed by atoms with Crippen molar-refractivity contribution >= 4 is 11.7 Å². The van der Waals surface area contributed by atoms with Crippen LogP contribution in [0.1, 0.15) is 35.7 Å². The van der Waals surface area contributed by atoms with Crippen LogP contribution in [-0.2, 0) is 13.1 Å². The molecule has 3 heterocycles. The number of hydrogen-bond acceptors (Lipinski definition) is 5. The second-order valence-corrected chi connectivity index (χ2v) is 5.21. The summed E-state index contributed by atoms with van der Waals surface area (Å²) < 4.78 is 3.37. The Morgan fingerprint density at radius 2 is 2.13 bits per heavy atom. The van der Waals surface area contributed by atoms with Crippen LogP contribution in [0.5, 0.6) is 0 Å². The molecule has 0 bridgehead atoms. The normalized spacial score (nSPS) is 11.1. The molecule has 120 valence electrons. The molecule has 3 aromatic rings. The van der Waals surface area contributed by atoms with Gasteiger partial charge in [0.15, 0.2) is 0 Å². The van der Waals surface area contributed by atoms with Gasteiger partial charge in [0.05, 0.1) is 5.69 Å². The van der Waals surface area contributed by atoms with E-state index in [4.69, 9.17) is 0 Å². The SMILES string of the molecule is CCN(Cc1cn(CC)nc1C)C(=O)c1nc2ncccn2n1. The Morgan fingerprint density at radius 1 is 1.30 bits per heavy atom. The van der Waals surface area contributed by atoms with Crippen LogP contribution in [0.15, 0.2) is 24.7 Å². The highest BCUT2D eigenvalue weighted by Crippen LogP contribution is 2.12. The van der Waals surface area contributed by atoms with Crippen molar-refractivity contribution in [1.29, 1.82) is 0 Å². The summed E-state index contributed by atoms with van der Waals surface area (Å²) >= 11 is 0. The van der Waals surface area contributed by atoms with Gasteiger partial charge in [0.2, 0.25) is 5.82 Å². The van der Waals surface area contributed by atoms with Crippen molar-refractivity contribution in [3.05, 3.63) is 41.7 Å². The number of rotatable bonds is 5. The lowest BCUT2D eigenvalue weighted by Gasteiger charge is -2.18. The molecule has 0 aliphatic rings. The van der Waals surface area contributed by atoms with Crippen molar-refractivity contribution in [2.24, 2.45) is 0 Å². The molecule has 0 saturated heterocycles. The van der Waals surface area contributed by atoms with E-state index >= 15 is 0 Å². The number of carbonyl (C=O) groups excluding carboxylic acids is 1. The number of aromatic nitrogens is 6. The smallest absolute Gasteiger partial charge is 0.293 e. The summed E-state index contributed by atoms with van der Waals surface area (Å²) in [5.74, 6) is 0.370. The van der Waals surface area contributed by atoms with E-state index in [0.717, 1.165) is 17.8 Å². The first kappa shape index (κ1) is 15.1. The van der Waals surface area contributed by atoms with E-state index in [1.165, 1.54) is 4.52 Å². The highest BCUT2D eigenvalue weighted by atomic mass is 16.2. The third-order valence-electron chi connectivity index (χ3n) is 3.71. The molecule has 23 heavy (non-hydrogen) atoms. The molecule has 0 radical (unpaired) electrons. The topological polar surface area (TPSA) is 81.2 Å². The predicted octanol–water partition coefficient (Wildman–Crippen LogP) is 1.31. The fraction of sp³-hybridized carbons (Fsp3) is 0.400. The van der Waals surface area contributed by atoms with E-state index in [1.54, 1.807) is 23.4 Å². The van der Waals surface area contributed by atoms with Gasteiger partial charge >= 0.3 is 0 Å². The van der Waals surface area contributed by atoms with Gasteiger partial charge < -0.3 is 4.90 Å². The molecule has 0 unspecified atom stereocenters. The molecule has 0 N–H and O–H groups in total. The Hall–Kier alpha value is -2.77. The van der Waals surface area contributed by atoms with Crippen molar-refractivity contribution in [1.82, 2.24) is 34.3 Å². The van der Waals surface area contributed by atoms with Gasteiger partial charge in [-0.1, -0.05) is 0 Å². The highest BCUT2D eigenvalue weighted by Gasteiger charge is 2.21. The Morgan fingerprint density at radius 3 is 2.78 bits per heavy atom. The summed E-state index contributed by atoms with van der Waals surface area (Å²) in [5.41, 5.74) is 1.96. The molecule has 0 spiro atoms. The molecule has 8 nitrogen and oxygen atoms in total. The number of carbonyl (C=O) groups is 1. The van der Waals surface area contributed by atoms with Crippen LogP contribution in [0.25, 0.3) is 5.78 Å². The number of nitrogens with zero attached hydrogens (tertiary/aromatic N) is 7. The van der Waals surface area contributed by atoms with Crippen molar-refractivity contribution in [3.63, 3.8) is 0 Å². The number of hydrogen-bond donors (Lipinski definition) is 0. The van der Waals surface area contributed by atoms with Crippen molar-refractivity contribution in [2.75, 3.05) is 6.54 Å². The fourth-order valence-electron chi connectivity index (χ4n) is 2.37. The van der Waals surface area contributed by atoms with Crippen LogP contribution in [0, 0.1) is 6.92 Å². The number of fused-ring (bicyclic) bond motifs is 1. The standard InChI is InChI=1S/C15H19N7O/c1-4-20(9-12-10-21(5-2)18-11(12)3)14(23)13-17-15-16-7-6-8-22(15)19-13/h6-8,10H,4-5,9H2,1-3H3. The third kappa shape index (κ3) is 2.92. The number of amides is 1. The maximum absolute atomic E-state index is 12.7. The monoisotopic (exact) mass is 313 g/mol. The van der Waals surface area contributed by atoms with E-state index in [0.29, 0.717) is 18.9 Å². The molecular formula is C15H19N7O. The lowest BCUT2D eigenvalue weighted by Crippen LogP contribution is -2.31. The minimum atomic E-state index is -0.207. The summed E-state index contributed by atoms with van der Waals surface area (Å²) in [6.07, 6.45) is 5.32. The zero-order chi connectivity index (χ0) is 16.4. The summed E-state index contributed by atoms with van der Waals surface area (Å²) in [7, 11) is 0. The zero-order valence-corrected chi connectivity index (χ0v) is 13.5. The van der Waals surface area contributed by atoms with Gasteiger partial charge in [-0.05, 0) is 26.8 Å². The van der Waals surface area contributed by atoms with Gasteiger partial charge in [-0.15, -0.1) is 5.10 Å². The number of aryl methyl sites for hydroxylation is 2. The molecule has 1 amide bonds.